The number of aromatic nitrogens is 2. The molecule has 1 aromatic carbocycles. The van der Waals surface area contributed by atoms with Gasteiger partial charge in [0.25, 0.3) is 0 Å². The maximum atomic E-state index is 12.9. The van der Waals surface area contributed by atoms with Crippen molar-refractivity contribution in [3.05, 3.63) is 30.1 Å². The highest BCUT2D eigenvalue weighted by atomic mass is 16.5. The van der Waals surface area contributed by atoms with Gasteiger partial charge in [-0.1, -0.05) is 12.1 Å². The largest absolute Gasteiger partial charge is 0.469 e. The SMILES string of the molecule is COC(=O)CC[C@H]1CNC(=O)[C@@H]2[C@H](CCN2Cc2nc3ccccc3n2C)N1C. The predicted molar refractivity (Wildman–Crippen MR) is 109 cm³/mol. The van der Waals surface area contributed by atoms with Gasteiger partial charge in [0.15, 0.2) is 0 Å². The van der Waals surface area contributed by atoms with Gasteiger partial charge in [0.1, 0.15) is 11.9 Å². The van der Waals surface area contributed by atoms with Crippen LogP contribution in [0.2, 0.25) is 0 Å². The Balaban J connectivity index is 1.51. The number of hydrogen-bond acceptors (Lipinski definition) is 6. The van der Waals surface area contributed by atoms with Gasteiger partial charge in [0.2, 0.25) is 5.91 Å². The highest BCUT2D eigenvalue weighted by molar-refractivity contribution is 5.83. The minimum Gasteiger partial charge on any atom is -0.469 e. The number of likely N-dealkylation sites (N-methyl/N-ethyl adjacent to an activating group) is 1. The molecule has 0 radical (unpaired) electrons. The first-order valence-corrected chi connectivity index (χ1v) is 10.2. The van der Waals surface area contributed by atoms with E-state index in [1.54, 1.807) is 0 Å². The van der Waals surface area contributed by atoms with Crippen LogP contribution in [-0.2, 0) is 27.9 Å². The standard InChI is InChI=1S/C21H29N5O3/c1-24-14(8-9-19(27)29-3)12-22-21(28)20-17(24)10-11-26(20)13-18-23-15-6-4-5-7-16(15)25(18)2/h4-7,14,17,20H,8-13H2,1-3H3,(H,22,28)/t14-,17-,20-/m0/s1. The number of fused-ring (bicyclic) bond motifs is 2. The van der Waals surface area contributed by atoms with Crippen LogP contribution in [0.3, 0.4) is 0 Å². The summed E-state index contributed by atoms with van der Waals surface area (Å²) in [4.78, 5) is 33.8. The fourth-order valence-corrected chi connectivity index (χ4v) is 4.73. The molecule has 0 bridgehead atoms. The molecule has 156 valence electrons. The van der Waals surface area contributed by atoms with E-state index >= 15 is 0 Å². The summed E-state index contributed by atoms with van der Waals surface area (Å²) in [5, 5.41) is 3.09. The topological polar surface area (TPSA) is 79.7 Å². The molecular formula is C21H29N5O3. The van der Waals surface area contributed by atoms with E-state index in [0.29, 0.717) is 25.9 Å². The number of benzene rings is 1. The summed E-state index contributed by atoms with van der Waals surface area (Å²) >= 11 is 0. The van der Waals surface area contributed by atoms with Gasteiger partial charge in [-0.3, -0.25) is 19.4 Å². The maximum absolute atomic E-state index is 12.9. The quantitative estimate of drug-likeness (QED) is 0.753. The van der Waals surface area contributed by atoms with E-state index in [-0.39, 0.29) is 30.0 Å². The summed E-state index contributed by atoms with van der Waals surface area (Å²) in [5.74, 6) is 0.827. The fraction of sp³-hybridized carbons (Fsp3) is 0.571. The first-order chi connectivity index (χ1) is 14.0. The number of esters is 1. The number of rotatable bonds is 5. The third-order valence-electron chi connectivity index (χ3n) is 6.48. The van der Waals surface area contributed by atoms with Crippen molar-refractivity contribution in [3.8, 4) is 0 Å². The average molecular weight is 399 g/mol. The van der Waals surface area contributed by atoms with Gasteiger partial charge >= 0.3 is 5.97 Å². The normalized spacial score (nSPS) is 25.6. The van der Waals surface area contributed by atoms with Crippen molar-refractivity contribution in [2.24, 2.45) is 7.05 Å². The van der Waals surface area contributed by atoms with Gasteiger partial charge in [-0.15, -0.1) is 0 Å². The van der Waals surface area contributed by atoms with Crippen molar-refractivity contribution in [1.82, 2.24) is 24.7 Å². The lowest BCUT2D eigenvalue weighted by Gasteiger charge is -2.32. The summed E-state index contributed by atoms with van der Waals surface area (Å²) in [6.45, 7) is 2.04. The molecule has 0 aliphatic carbocycles. The minimum absolute atomic E-state index is 0.0682. The van der Waals surface area contributed by atoms with Gasteiger partial charge in [0.05, 0.1) is 24.7 Å². The molecule has 2 aliphatic heterocycles. The first kappa shape index (κ1) is 19.8. The molecule has 8 nitrogen and oxygen atoms in total. The highest BCUT2D eigenvalue weighted by Gasteiger charge is 2.45. The lowest BCUT2D eigenvalue weighted by molar-refractivity contribution is -0.141. The van der Waals surface area contributed by atoms with Crippen LogP contribution in [-0.4, -0.2) is 76.6 Å². The van der Waals surface area contributed by atoms with Crippen LogP contribution in [0, 0.1) is 0 Å². The van der Waals surface area contributed by atoms with Gasteiger partial charge in [-0.25, -0.2) is 4.98 Å². The van der Waals surface area contributed by atoms with Crippen molar-refractivity contribution >= 4 is 22.9 Å². The lowest BCUT2D eigenvalue weighted by Crippen LogP contribution is -2.49. The maximum Gasteiger partial charge on any atom is 0.305 e. The Hall–Kier alpha value is -2.45. The Morgan fingerprint density at radius 1 is 1.31 bits per heavy atom. The Kier molecular flexibility index (Phi) is 5.56. The molecule has 8 heteroatoms. The Morgan fingerprint density at radius 3 is 2.86 bits per heavy atom. The molecule has 1 N–H and O–H groups in total. The number of imidazole rings is 1. The number of methoxy groups -OCH3 is 1. The van der Waals surface area contributed by atoms with Gasteiger partial charge in [-0.05, 0) is 32.0 Å². The Bertz CT molecular complexity index is 911. The van der Waals surface area contributed by atoms with Crippen molar-refractivity contribution < 1.29 is 14.3 Å². The molecule has 29 heavy (non-hydrogen) atoms. The number of ether oxygens (including phenoxy) is 1. The Labute approximate surface area is 170 Å². The number of amides is 1. The molecular weight excluding hydrogens is 370 g/mol. The number of nitrogens with zero attached hydrogens (tertiary/aromatic N) is 4. The molecule has 2 aliphatic rings. The van der Waals surface area contributed by atoms with Crippen LogP contribution < -0.4 is 5.32 Å². The summed E-state index contributed by atoms with van der Waals surface area (Å²) < 4.78 is 6.88. The van der Waals surface area contributed by atoms with Crippen LogP contribution in [0.5, 0.6) is 0 Å². The van der Waals surface area contributed by atoms with E-state index in [0.717, 1.165) is 29.8 Å². The highest BCUT2D eigenvalue weighted by Crippen LogP contribution is 2.29. The zero-order chi connectivity index (χ0) is 20.5. The van der Waals surface area contributed by atoms with Crippen LogP contribution in [0.4, 0.5) is 0 Å². The molecule has 2 aromatic rings. The molecule has 0 spiro atoms. The molecule has 2 fully saturated rings. The first-order valence-electron chi connectivity index (χ1n) is 10.2. The average Bonchev–Trinajstić information content (AvgIpc) is 3.25. The van der Waals surface area contributed by atoms with Gasteiger partial charge in [-0.2, -0.15) is 0 Å². The van der Waals surface area contributed by atoms with E-state index in [9.17, 15) is 9.59 Å². The van der Waals surface area contributed by atoms with E-state index in [4.69, 9.17) is 9.72 Å². The van der Waals surface area contributed by atoms with E-state index < -0.39 is 0 Å². The van der Waals surface area contributed by atoms with Crippen LogP contribution >= 0.6 is 0 Å². The molecule has 3 heterocycles. The zero-order valence-corrected chi connectivity index (χ0v) is 17.3. The zero-order valence-electron chi connectivity index (χ0n) is 17.3. The molecule has 3 atom stereocenters. The fourth-order valence-electron chi connectivity index (χ4n) is 4.73. The number of nitrogens with one attached hydrogen (secondary N) is 1. The van der Waals surface area contributed by atoms with Gasteiger partial charge < -0.3 is 14.6 Å². The molecule has 1 amide bonds. The van der Waals surface area contributed by atoms with E-state index in [1.165, 1.54) is 7.11 Å². The second kappa shape index (κ2) is 8.12. The summed E-state index contributed by atoms with van der Waals surface area (Å²) in [6.07, 6.45) is 1.97. The smallest absolute Gasteiger partial charge is 0.305 e. The van der Waals surface area contributed by atoms with Crippen LogP contribution in [0.25, 0.3) is 11.0 Å². The lowest BCUT2D eigenvalue weighted by atomic mass is 10.0. The monoisotopic (exact) mass is 399 g/mol. The van der Waals surface area contributed by atoms with Crippen LogP contribution in [0.15, 0.2) is 24.3 Å². The summed E-state index contributed by atoms with van der Waals surface area (Å²) in [6, 6.07) is 8.15. The molecule has 4 rings (SSSR count). The second-order valence-corrected chi connectivity index (χ2v) is 8.03. The van der Waals surface area contributed by atoms with Crippen molar-refractivity contribution in [1.29, 1.82) is 0 Å². The van der Waals surface area contributed by atoms with Crippen molar-refractivity contribution in [2.75, 3.05) is 27.2 Å². The van der Waals surface area contributed by atoms with Crippen molar-refractivity contribution in [3.63, 3.8) is 0 Å². The second-order valence-electron chi connectivity index (χ2n) is 8.03. The predicted octanol–water partition coefficient (Wildman–Crippen LogP) is 0.900. The molecule has 2 saturated heterocycles. The number of hydrogen-bond donors (Lipinski definition) is 1. The number of carbonyl (C=O) groups excluding carboxylic acids is 2. The van der Waals surface area contributed by atoms with Crippen molar-refractivity contribution in [2.45, 2.75) is 43.9 Å². The third-order valence-corrected chi connectivity index (χ3v) is 6.48. The van der Waals surface area contributed by atoms with E-state index in [2.05, 4.69) is 32.8 Å². The third kappa shape index (κ3) is 3.74. The number of likely N-dealkylation sites (tertiary alicyclic amines) is 1. The molecule has 0 saturated carbocycles. The number of aryl methyl sites for hydroxylation is 1. The Morgan fingerprint density at radius 2 is 2.10 bits per heavy atom. The number of para-hydroxylation sites is 2. The van der Waals surface area contributed by atoms with E-state index in [1.807, 2.05) is 25.2 Å². The molecule has 1 aromatic heterocycles. The molecule has 0 unspecified atom stereocenters. The number of carbonyl (C=O) groups is 2. The summed E-state index contributed by atoms with van der Waals surface area (Å²) in [5.41, 5.74) is 2.08. The van der Waals surface area contributed by atoms with Gasteiger partial charge in [0, 0.05) is 38.6 Å². The van der Waals surface area contributed by atoms with Crippen LogP contribution in [0.1, 0.15) is 25.1 Å². The summed E-state index contributed by atoms with van der Waals surface area (Å²) in [7, 11) is 5.51. The minimum atomic E-state index is -0.208.